The molecule has 4 unspecified atom stereocenters. The van der Waals surface area contributed by atoms with E-state index in [2.05, 4.69) is 36.3 Å². The second-order valence-corrected chi connectivity index (χ2v) is 11.9. The summed E-state index contributed by atoms with van der Waals surface area (Å²) >= 11 is 6.31. The molecule has 0 spiro atoms. The van der Waals surface area contributed by atoms with Crippen LogP contribution in [0.15, 0.2) is 86.6 Å². The maximum atomic E-state index is 14.4. The van der Waals surface area contributed by atoms with Crippen LogP contribution in [0.25, 0.3) is 0 Å². The number of hydrogen-bond acceptors (Lipinski definition) is 8. The van der Waals surface area contributed by atoms with E-state index in [1.165, 1.54) is 32.4 Å². The third kappa shape index (κ3) is 5.85. The molecule has 8 nitrogen and oxygen atoms in total. The number of ketones is 4. The number of benzene rings is 2. The molecule has 2 aromatic carbocycles. The summed E-state index contributed by atoms with van der Waals surface area (Å²) in [4.78, 5) is 48.5. The van der Waals surface area contributed by atoms with Crippen LogP contribution < -0.4 is 9.47 Å². The third-order valence-corrected chi connectivity index (χ3v) is 8.58. The number of allylic oxidation sites excluding steroid dienone is 2. The molecule has 4 atom stereocenters. The Kier molecular flexibility index (Phi) is 9.42. The fourth-order valence-electron chi connectivity index (χ4n) is 5.82. The third-order valence-electron chi connectivity index (χ3n) is 7.66. The van der Waals surface area contributed by atoms with Crippen molar-refractivity contribution >= 4 is 55.0 Å². The average Bonchev–Trinajstić information content (AvgIpc) is 3.83. The van der Waals surface area contributed by atoms with Gasteiger partial charge in [0.25, 0.3) is 0 Å². The highest BCUT2D eigenvalue weighted by molar-refractivity contribution is 9.10. The molecule has 44 heavy (non-hydrogen) atoms. The van der Waals surface area contributed by atoms with Gasteiger partial charge in [0.2, 0.25) is 0 Å². The van der Waals surface area contributed by atoms with Crippen LogP contribution in [-0.4, -0.2) is 49.6 Å². The van der Waals surface area contributed by atoms with Crippen LogP contribution in [0.2, 0.25) is 0 Å². The summed E-state index contributed by atoms with van der Waals surface area (Å²) in [7, 11) is 2.76. The molecule has 2 fully saturated rings. The lowest BCUT2D eigenvalue weighted by atomic mass is 9.85. The van der Waals surface area contributed by atoms with Crippen LogP contribution in [0.5, 0.6) is 11.5 Å². The number of carbonyl (C=O) groups is 4. The van der Waals surface area contributed by atoms with E-state index in [0.717, 1.165) is 12.2 Å². The first kappa shape index (κ1) is 31.7. The quantitative estimate of drug-likeness (QED) is 0.235. The minimum absolute atomic E-state index is 0.00398. The van der Waals surface area contributed by atoms with Gasteiger partial charge < -0.3 is 18.6 Å². The van der Waals surface area contributed by atoms with Gasteiger partial charge in [-0.25, -0.2) is 8.78 Å². The van der Waals surface area contributed by atoms with E-state index in [9.17, 15) is 28.0 Å². The predicted octanol–water partition coefficient (Wildman–Crippen LogP) is 6.07. The number of hydrogen-bond donors (Lipinski definition) is 0. The Bertz CT molecular complexity index is 1620. The number of rotatable bonds is 4. The van der Waals surface area contributed by atoms with E-state index in [0.29, 0.717) is 8.95 Å². The van der Waals surface area contributed by atoms with Crippen molar-refractivity contribution in [3.8, 4) is 11.5 Å². The summed E-state index contributed by atoms with van der Waals surface area (Å²) in [5, 5.41) is 0. The molecular weight excluding hydrogens is 710 g/mol. The van der Waals surface area contributed by atoms with Crippen molar-refractivity contribution in [2.45, 2.75) is 24.0 Å². The molecule has 3 heterocycles. The van der Waals surface area contributed by atoms with E-state index in [1.807, 2.05) is 24.3 Å². The molecule has 228 valence electrons. The Hall–Kier alpha value is -3.74. The van der Waals surface area contributed by atoms with Crippen LogP contribution >= 0.6 is 31.9 Å². The molecule has 7 rings (SSSR count). The zero-order valence-corrected chi connectivity index (χ0v) is 26.3. The lowest BCUT2D eigenvalue weighted by Crippen LogP contribution is -2.26. The number of halogens is 4. The topological polar surface area (TPSA) is 109 Å². The van der Waals surface area contributed by atoms with E-state index in [1.54, 1.807) is 18.6 Å². The Morgan fingerprint density at radius 2 is 1.11 bits per heavy atom. The molecule has 12 heteroatoms. The maximum Gasteiger partial charge on any atom is 0.171 e. The highest BCUT2D eigenvalue weighted by Gasteiger charge is 2.62. The summed E-state index contributed by atoms with van der Waals surface area (Å²) in [5.74, 6) is -5.45. The molecule has 3 aromatic rings. The molecule has 0 N–H and O–H groups in total. The van der Waals surface area contributed by atoms with Crippen LogP contribution in [0, 0.1) is 23.5 Å². The molecule has 2 bridgehead atoms. The summed E-state index contributed by atoms with van der Waals surface area (Å²) in [6.07, 6.45) is 8.48. The second-order valence-electron chi connectivity index (χ2n) is 10.1. The number of methoxy groups -OCH3 is 2. The highest BCUT2D eigenvalue weighted by atomic mass is 79.9. The first-order valence-electron chi connectivity index (χ1n) is 13.3. The Labute approximate surface area is 267 Å². The first-order chi connectivity index (χ1) is 21.1. The molecule has 1 saturated carbocycles. The molecule has 4 aliphatic rings. The molecule has 2 aliphatic heterocycles. The lowest BCUT2D eigenvalue weighted by Gasteiger charge is -2.16. The van der Waals surface area contributed by atoms with E-state index in [4.69, 9.17) is 14.2 Å². The van der Waals surface area contributed by atoms with Crippen molar-refractivity contribution in [3.63, 3.8) is 0 Å². The number of Topliss-reactive ketones (excluding diaryl/α,β-unsaturated/α-hetero) is 2. The molecule has 2 aliphatic carbocycles. The zero-order chi connectivity index (χ0) is 31.7. The standard InChI is InChI=1S/C16H12BrFO4.C12H8BrFO3.C4H4O/c1-21-10-5-6(17)4-7(18)11(10)14-15(19)12-8-2-3-9(22-8)13(12)16(14)20;1-17-10-5-6(13)4-7(14)11(10)12-8(15)2-3-9(12)16;1-2-4-5-3-1/h2-5,8-9,12-14H,1H3;2-5,12H,1H3;1-4H. The number of ether oxygens (including phenoxy) is 3. The van der Waals surface area contributed by atoms with E-state index >= 15 is 0 Å². The Morgan fingerprint density at radius 1 is 0.682 bits per heavy atom. The van der Waals surface area contributed by atoms with Gasteiger partial charge in [0, 0.05) is 20.1 Å². The predicted molar refractivity (Wildman–Crippen MR) is 159 cm³/mol. The highest BCUT2D eigenvalue weighted by Crippen LogP contribution is 2.51. The fourth-order valence-corrected chi connectivity index (χ4v) is 6.64. The number of carbonyl (C=O) groups excluding carboxylic acids is 4. The Balaban J connectivity index is 0.000000154. The lowest BCUT2D eigenvalue weighted by molar-refractivity contribution is -0.127. The fraction of sp³-hybridized carbons (Fsp3) is 0.250. The maximum absolute atomic E-state index is 14.4. The van der Waals surface area contributed by atoms with Gasteiger partial charge in [-0.15, -0.1) is 0 Å². The van der Waals surface area contributed by atoms with Gasteiger partial charge in [0.15, 0.2) is 23.1 Å². The summed E-state index contributed by atoms with van der Waals surface area (Å²) in [6.45, 7) is 0. The summed E-state index contributed by atoms with van der Waals surface area (Å²) in [5.41, 5.74) is 0.0326. The smallest absolute Gasteiger partial charge is 0.171 e. The number of furan rings is 1. The minimum Gasteiger partial charge on any atom is -0.496 e. The minimum atomic E-state index is -1.11. The Morgan fingerprint density at radius 3 is 1.50 bits per heavy atom. The van der Waals surface area contributed by atoms with Gasteiger partial charge in [-0.3, -0.25) is 19.2 Å². The summed E-state index contributed by atoms with van der Waals surface area (Å²) in [6, 6.07) is 9.21. The molecular formula is C32H24Br2F2O8. The first-order valence-corrected chi connectivity index (χ1v) is 14.9. The van der Waals surface area contributed by atoms with E-state index < -0.39 is 46.9 Å². The second kappa shape index (κ2) is 13.1. The van der Waals surface area contributed by atoms with Crippen LogP contribution in [-0.2, 0) is 23.9 Å². The SMILES string of the molecule is COc1cc(Br)cc(F)c1C1C(=O)C2C3C=CC(O3)C2C1=O.COc1cc(Br)cc(F)c1C1C(=O)C=CC1=O.c1ccoc1. The van der Waals surface area contributed by atoms with Gasteiger partial charge in [-0.2, -0.15) is 0 Å². The monoisotopic (exact) mass is 732 g/mol. The van der Waals surface area contributed by atoms with Gasteiger partial charge in [-0.05, 0) is 48.6 Å². The van der Waals surface area contributed by atoms with Crippen LogP contribution in [0.3, 0.4) is 0 Å². The molecule has 1 saturated heterocycles. The summed E-state index contributed by atoms with van der Waals surface area (Å²) < 4.78 is 49.6. The van der Waals surface area contributed by atoms with Crippen molar-refractivity contribution in [2.24, 2.45) is 11.8 Å². The largest absolute Gasteiger partial charge is 0.496 e. The van der Waals surface area contributed by atoms with Crippen molar-refractivity contribution in [1.82, 2.24) is 0 Å². The van der Waals surface area contributed by atoms with Gasteiger partial charge in [-0.1, -0.05) is 44.0 Å². The van der Waals surface area contributed by atoms with Gasteiger partial charge in [0.1, 0.15) is 35.0 Å². The van der Waals surface area contributed by atoms with Crippen molar-refractivity contribution in [3.05, 3.63) is 105 Å². The molecule has 0 amide bonds. The number of fused-ring (bicyclic) bond motifs is 5. The van der Waals surface area contributed by atoms with Crippen molar-refractivity contribution in [2.75, 3.05) is 14.2 Å². The van der Waals surface area contributed by atoms with Gasteiger partial charge in [0.05, 0.1) is 50.8 Å². The molecule has 1 aromatic heterocycles. The van der Waals surface area contributed by atoms with Crippen LogP contribution in [0.1, 0.15) is 23.0 Å². The van der Waals surface area contributed by atoms with Crippen molar-refractivity contribution < 1.29 is 46.6 Å². The normalized spacial score (nSPS) is 24.6. The van der Waals surface area contributed by atoms with Crippen LogP contribution in [0.4, 0.5) is 8.78 Å². The van der Waals surface area contributed by atoms with Gasteiger partial charge >= 0.3 is 0 Å². The zero-order valence-electron chi connectivity index (χ0n) is 23.2. The molecule has 0 radical (unpaired) electrons. The van der Waals surface area contributed by atoms with E-state index in [-0.39, 0.29) is 46.4 Å². The average molecular weight is 734 g/mol. The van der Waals surface area contributed by atoms with Crippen molar-refractivity contribution in [1.29, 1.82) is 0 Å².